The fraction of sp³-hybridized carbons (Fsp3) is 0.207. The molecule has 1 N–H and O–H groups in total. The number of hydrogen-bond donors (Lipinski definition) is 1. The lowest BCUT2D eigenvalue weighted by Crippen LogP contribution is -2.46. The molecule has 12 heteroatoms. The molecule has 0 bridgehead atoms. The van der Waals surface area contributed by atoms with E-state index < -0.39 is 15.8 Å². The molecule has 11 nitrogen and oxygen atoms in total. The summed E-state index contributed by atoms with van der Waals surface area (Å²) < 4.78 is 5.72. The summed E-state index contributed by atoms with van der Waals surface area (Å²) in [5.41, 5.74) is 3.62. The zero-order valence-corrected chi connectivity index (χ0v) is 22.7. The van der Waals surface area contributed by atoms with Crippen LogP contribution in [0.3, 0.4) is 0 Å². The Kier molecular flexibility index (Phi) is 6.80. The molecular formula is C29H25ClN6O5. The van der Waals surface area contributed by atoms with Gasteiger partial charge >= 0.3 is 5.70 Å². The number of anilines is 2. The second kappa shape index (κ2) is 10.6. The van der Waals surface area contributed by atoms with Crippen LogP contribution in [-0.4, -0.2) is 48.1 Å². The maximum absolute atomic E-state index is 12.2. The Morgan fingerprint density at radius 2 is 1.66 bits per heavy atom. The Morgan fingerprint density at radius 1 is 0.927 bits per heavy atom. The molecule has 2 aliphatic heterocycles. The third-order valence-corrected chi connectivity index (χ3v) is 7.79. The summed E-state index contributed by atoms with van der Waals surface area (Å²) >= 11 is 6.15. The average Bonchev–Trinajstić information content (AvgIpc) is 2.99. The van der Waals surface area contributed by atoms with E-state index in [2.05, 4.69) is 20.1 Å². The highest BCUT2D eigenvalue weighted by molar-refractivity contribution is 6.31. The van der Waals surface area contributed by atoms with Crippen molar-refractivity contribution >= 4 is 39.6 Å². The summed E-state index contributed by atoms with van der Waals surface area (Å²) in [7, 11) is 1.54. The van der Waals surface area contributed by atoms with Gasteiger partial charge in [-0.15, -0.1) is 0 Å². The molecule has 6 rings (SSSR count). The molecule has 0 aliphatic carbocycles. The predicted molar refractivity (Wildman–Crippen MR) is 156 cm³/mol. The van der Waals surface area contributed by atoms with Gasteiger partial charge in [-0.1, -0.05) is 23.7 Å². The molecule has 3 aromatic carbocycles. The maximum atomic E-state index is 12.2. The summed E-state index contributed by atoms with van der Waals surface area (Å²) in [5, 5.41) is 28.1. The molecule has 2 aliphatic rings. The molecule has 1 atom stereocenters. The fourth-order valence-corrected chi connectivity index (χ4v) is 5.74. The van der Waals surface area contributed by atoms with Gasteiger partial charge in [0, 0.05) is 78.9 Å². The van der Waals surface area contributed by atoms with Crippen LogP contribution >= 0.6 is 11.6 Å². The molecule has 1 unspecified atom stereocenters. The van der Waals surface area contributed by atoms with Crippen LogP contribution < -0.4 is 19.9 Å². The van der Waals surface area contributed by atoms with E-state index in [-0.39, 0.29) is 17.3 Å². The van der Waals surface area contributed by atoms with E-state index >= 15 is 0 Å². The zero-order chi connectivity index (χ0) is 28.7. The molecule has 3 heterocycles. The van der Waals surface area contributed by atoms with Gasteiger partial charge in [-0.3, -0.25) is 25.2 Å². The number of nitro groups is 2. The van der Waals surface area contributed by atoms with Gasteiger partial charge in [0.25, 0.3) is 11.6 Å². The van der Waals surface area contributed by atoms with E-state index in [1.165, 1.54) is 18.2 Å². The summed E-state index contributed by atoms with van der Waals surface area (Å²) in [4.78, 5) is 31.7. The maximum Gasteiger partial charge on any atom is 0.317 e. The van der Waals surface area contributed by atoms with Crippen molar-refractivity contribution in [1.29, 1.82) is 0 Å². The summed E-state index contributed by atoms with van der Waals surface area (Å²) in [5.74, 6) is -0.510. The van der Waals surface area contributed by atoms with Gasteiger partial charge in [0.2, 0.25) is 0 Å². The highest BCUT2D eigenvalue weighted by Crippen LogP contribution is 2.44. The first-order valence-corrected chi connectivity index (χ1v) is 13.4. The highest BCUT2D eigenvalue weighted by atomic mass is 35.5. The first-order chi connectivity index (χ1) is 19.8. The Bertz CT molecular complexity index is 1700. The monoisotopic (exact) mass is 572 g/mol. The van der Waals surface area contributed by atoms with Gasteiger partial charge < -0.3 is 19.9 Å². The number of halogens is 1. The van der Waals surface area contributed by atoms with Gasteiger partial charge in [0.15, 0.2) is 0 Å². The molecular weight excluding hydrogens is 548 g/mol. The number of benzene rings is 3. The SMILES string of the molecule is CNC1=C([N+](=O)[O-])C(c2ccc(N3CCN(c4ccnc5cc(Cl)ccc45)CC3)cc2)c2cc([N+](=O)[O-])ccc2O1. The number of nitrogens with one attached hydrogen (secondary N) is 1. The third kappa shape index (κ3) is 4.84. The Hall–Kier alpha value is -4.90. The molecule has 208 valence electrons. The molecule has 1 saturated heterocycles. The van der Waals surface area contributed by atoms with Gasteiger partial charge in [0.05, 0.1) is 15.4 Å². The third-order valence-electron chi connectivity index (χ3n) is 7.55. The van der Waals surface area contributed by atoms with Gasteiger partial charge in [-0.25, -0.2) is 0 Å². The van der Waals surface area contributed by atoms with Gasteiger partial charge in [-0.2, -0.15) is 0 Å². The van der Waals surface area contributed by atoms with Crippen molar-refractivity contribution in [1.82, 2.24) is 10.3 Å². The van der Waals surface area contributed by atoms with Crippen molar-refractivity contribution < 1.29 is 14.6 Å². The number of hydrogen-bond acceptors (Lipinski definition) is 9. The Balaban J connectivity index is 1.26. The summed E-state index contributed by atoms with van der Waals surface area (Å²) in [6.45, 7) is 3.18. The molecule has 0 amide bonds. The van der Waals surface area contributed by atoms with Crippen molar-refractivity contribution in [2.24, 2.45) is 0 Å². The first kappa shape index (κ1) is 26.3. The van der Waals surface area contributed by atoms with Gasteiger partial charge in [0.1, 0.15) is 11.7 Å². The van der Waals surface area contributed by atoms with Crippen LogP contribution in [0.25, 0.3) is 10.9 Å². The topological polar surface area (TPSA) is 127 Å². The number of piperazine rings is 1. The lowest BCUT2D eigenvalue weighted by Gasteiger charge is -2.38. The fourth-order valence-electron chi connectivity index (χ4n) is 5.58. The molecule has 1 aromatic heterocycles. The number of nitro benzene ring substituents is 1. The van der Waals surface area contributed by atoms with Crippen LogP contribution in [0.1, 0.15) is 17.0 Å². The molecule has 4 aromatic rings. The molecule has 0 spiro atoms. The lowest BCUT2D eigenvalue weighted by atomic mass is 9.86. The smallest absolute Gasteiger partial charge is 0.317 e. The lowest BCUT2D eigenvalue weighted by molar-refractivity contribution is -0.432. The first-order valence-electron chi connectivity index (χ1n) is 13.0. The van der Waals surface area contributed by atoms with Crippen molar-refractivity contribution in [3.8, 4) is 5.75 Å². The van der Waals surface area contributed by atoms with Crippen LogP contribution in [0.5, 0.6) is 5.75 Å². The molecule has 0 radical (unpaired) electrons. The van der Waals surface area contributed by atoms with Gasteiger partial charge in [-0.05, 0) is 48.0 Å². The van der Waals surface area contributed by atoms with Crippen LogP contribution in [-0.2, 0) is 0 Å². The second-order valence-corrected chi connectivity index (χ2v) is 10.2. The van der Waals surface area contributed by atoms with E-state index in [1.807, 2.05) is 48.5 Å². The van der Waals surface area contributed by atoms with Crippen molar-refractivity contribution in [2.45, 2.75) is 5.92 Å². The van der Waals surface area contributed by atoms with Crippen molar-refractivity contribution in [3.63, 3.8) is 0 Å². The quantitative estimate of drug-likeness (QED) is 0.241. The largest absolute Gasteiger partial charge is 0.435 e. The van der Waals surface area contributed by atoms with E-state index in [0.717, 1.165) is 48.5 Å². The second-order valence-electron chi connectivity index (χ2n) is 9.79. The number of pyridine rings is 1. The number of fused-ring (bicyclic) bond motifs is 2. The van der Waals surface area contributed by atoms with Crippen LogP contribution in [0.4, 0.5) is 17.1 Å². The van der Waals surface area contributed by atoms with Crippen LogP contribution in [0, 0.1) is 20.2 Å². The number of rotatable bonds is 6. The molecule has 41 heavy (non-hydrogen) atoms. The predicted octanol–water partition coefficient (Wildman–Crippen LogP) is 5.31. The Labute approximate surface area is 239 Å². The highest BCUT2D eigenvalue weighted by Gasteiger charge is 2.40. The van der Waals surface area contributed by atoms with Crippen molar-refractivity contribution in [2.75, 3.05) is 43.0 Å². The van der Waals surface area contributed by atoms with E-state index in [0.29, 0.717) is 21.9 Å². The molecule has 0 saturated carbocycles. The number of aromatic nitrogens is 1. The normalized spacial score (nSPS) is 16.8. The van der Waals surface area contributed by atoms with Crippen molar-refractivity contribution in [3.05, 3.63) is 121 Å². The number of non-ortho nitro benzene ring substituents is 1. The van der Waals surface area contributed by atoms with Crippen LogP contribution in [0.2, 0.25) is 5.02 Å². The minimum absolute atomic E-state index is 0.00691. The Morgan fingerprint density at radius 3 is 2.34 bits per heavy atom. The number of allylic oxidation sites excluding steroid dienone is 1. The number of ether oxygens (including phenoxy) is 1. The zero-order valence-electron chi connectivity index (χ0n) is 22.0. The number of nitrogens with zero attached hydrogens (tertiary/aromatic N) is 5. The minimum atomic E-state index is -0.851. The van der Waals surface area contributed by atoms with Crippen LogP contribution in [0.15, 0.2) is 84.5 Å². The summed E-state index contributed by atoms with van der Waals surface area (Å²) in [6, 6.07) is 19.5. The molecule has 1 fully saturated rings. The van der Waals surface area contributed by atoms with E-state index in [9.17, 15) is 20.2 Å². The minimum Gasteiger partial charge on any atom is -0.435 e. The van der Waals surface area contributed by atoms with E-state index in [1.54, 1.807) is 13.2 Å². The average molecular weight is 573 g/mol. The summed E-state index contributed by atoms with van der Waals surface area (Å²) in [6.07, 6.45) is 1.80. The standard InChI is InChI=1S/C29H25ClN6O5/c1-31-29-28(36(39)40)27(23-17-21(35(37)38)7-9-26(23)41-29)18-2-5-20(6-3-18)33-12-14-34(15-13-33)25-10-11-32-24-16-19(30)4-8-22(24)25/h2-11,16-17,27,31H,12-15H2,1H3. The van der Waals surface area contributed by atoms with E-state index in [4.69, 9.17) is 16.3 Å².